The third-order valence-corrected chi connectivity index (χ3v) is 4.00. The van der Waals surface area contributed by atoms with Gasteiger partial charge in [-0.25, -0.2) is 8.42 Å². The molecule has 5 N–H and O–H groups in total. The molecule has 2 aromatic rings. The smallest absolute Gasteiger partial charge is 0.263 e. The number of aromatic nitrogens is 2. The van der Waals surface area contributed by atoms with Gasteiger partial charge in [0.1, 0.15) is 5.82 Å². The van der Waals surface area contributed by atoms with Crippen molar-refractivity contribution in [3.05, 3.63) is 41.0 Å². The van der Waals surface area contributed by atoms with E-state index in [2.05, 4.69) is 20.1 Å². The van der Waals surface area contributed by atoms with Crippen LogP contribution in [0.5, 0.6) is 0 Å². The molecule has 106 valence electrons. The maximum atomic E-state index is 12.1. The van der Waals surface area contributed by atoms with Gasteiger partial charge >= 0.3 is 0 Å². The van der Waals surface area contributed by atoms with Crippen LogP contribution in [0.25, 0.3) is 0 Å². The lowest BCUT2D eigenvalue weighted by Crippen LogP contribution is -2.18. The summed E-state index contributed by atoms with van der Waals surface area (Å²) in [7, 11) is -3.84. The first-order chi connectivity index (χ1) is 9.44. The molecule has 0 aliphatic heterocycles. The van der Waals surface area contributed by atoms with Crippen LogP contribution in [0.1, 0.15) is 5.56 Å². The molecule has 1 aromatic heterocycles. The molecule has 0 saturated heterocycles. The summed E-state index contributed by atoms with van der Waals surface area (Å²) < 4.78 is 26.5. The van der Waals surface area contributed by atoms with Gasteiger partial charge in [-0.3, -0.25) is 9.82 Å². The number of rotatable bonds is 4. The highest BCUT2D eigenvalue weighted by Crippen LogP contribution is 2.19. The summed E-state index contributed by atoms with van der Waals surface area (Å²) in [4.78, 5) is 0.0157. The first-order valence-electron chi connectivity index (χ1n) is 5.23. The number of aromatic amines is 1. The molecule has 0 unspecified atom stereocenters. The highest BCUT2D eigenvalue weighted by Gasteiger charge is 2.18. The van der Waals surface area contributed by atoms with Crippen molar-refractivity contribution in [3.8, 4) is 0 Å². The molecule has 0 spiro atoms. The molecule has 8 nitrogen and oxygen atoms in total. The standard InChI is InChI=1S/C10H10ClN5O3S/c11-6-1-3-7(4-2-6)20(18,19)16-10-8(5-13-14-10)9(12)15-17/h1-5,17H,(H2,12,15)(H2,13,14,16). The Bertz CT molecular complexity index is 739. The van der Waals surface area contributed by atoms with Crippen molar-refractivity contribution in [1.29, 1.82) is 0 Å². The monoisotopic (exact) mass is 315 g/mol. The van der Waals surface area contributed by atoms with Crippen LogP contribution in [-0.2, 0) is 10.0 Å². The molecule has 2 rings (SSSR count). The van der Waals surface area contributed by atoms with Gasteiger partial charge in [-0.1, -0.05) is 16.8 Å². The molecule has 0 aliphatic carbocycles. The van der Waals surface area contributed by atoms with Gasteiger partial charge in [0.15, 0.2) is 5.84 Å². The third-order valence-electron chi connectivity index (χ3n) is 2.38. The lowest BCUT2D eigenvalue weighted by atomic mass is 10.3. The van der Waals surface area contributed by atoms with Crippen molar-refractivity contribution in [2.75, 3.05) is 4.72 Å². The predicted octanol–water partition coefficient (Wildman–Crippen LogP) is 0.958. The minimum absolute atomic E-state index is 0.00440. The van der Waals surface area contributed by atoms with E-state index >= 15 is 0 Å². The number of hydrogen-bond donors (Lipinski definition) is 4. The van der Waals surface area contributed by atoms with Crippen molar-refractivity contribution in [2.24, 2.45) is 10.9 Å². The summed E-state index contributed by atoms with van der Waals surface area (Å²) in [5.74, 6) is -0.275. The highest BCUT2D eigenvalue weighted by atomic mass is 35.5. The Kier molecular flexibility index (Phi) is 3.81. The van der Waals surface area contributed by atoms with Crippen LogP contribution < -0.4 is 10.5 Å². The number of H-pyrrole nitrogens is 1. The van der Waals surface area contributed by atoms with E-state index in [1.807, 2.05) is 0 Å². The van der Waals surface area contributed by atoms with Crippen molar-refractivity contribution >= 4 is 33.3 Å². The fourth-order valence-electron chi connectivity index (χ4n) is 1.42. The van der Waals surface area contributed by atoms with E-state index in [1.54, 1.807) is 0 Å². The summed E-state index contributed by atoms with van der Waals surface area (Å²) in [6, 6.07) is 5.61. The van der Waals surface area contributed by atoms with Crippen LogP contribution in [0.15, 0.2) is 40.5 Å². The van der Waals surface area contributed by atoms with E-state index in [0.29, 0.717) is 5.02 Å². The van der Waals surface area contributed by atoms with E-state index < -0.39 is 10.0 Å². The lowest BCUT2D eigenvalue weighted by Gasteiger charge is -2.07. The SMILES string of the molecule is NC(=NO)c1cn[nH]c1NS(=O)(=O)c1ccc(Cl)cc1. The Morgan fingerprint density at radius 1 is 1.40 bits per heavy atom. The van der Waals surface area contributed by atoms with E-state index in [4.69, 9.17) is 22.5 Å². The Labute approximate surface area is 119 Å². The first kappa shape index (κ1) is 14.2. The Morgan fingerprint density at radius 3 is 2.65 bits per heavy atom. The molecule has 1 heterocycles. The number of benzene rings is 1. The predicted molar refractivity (Wildman–Crippen MR) is 73.4 cm³/mol. The molecular weight excluding hydrogens is 306 g/mol. The van der Waals surface area contributed by atoms with Gasteiger partial charge < -0.3 is 10.9 Å². The van der Waals surface area contributed by atoms with Gasteiger partial charge in [0, 0.05) is 5.02 Å². The fourth-order valence-corrected chi connectivity index (χ4v) is 2.58. The molecule has 0 fully saturated rings. The number of nitrogens with zero attached hydrogens (tertiary/aromatic N) is 2. The average molecular weight is 316 g/mol. The number of amidine groups is 1. The second-order valence-electron chi connectivity index (χ2n) is 3.70. The van der Waals surface area contributed by atoms with Crippen LogP contribution >= 0.6 is 11.6 Å². The van der Waals surface area contributed by atoms with Crippen molar-refractivity contribution in [2.45, 2.75) is 4.90 Å². The van der Waals surface area contributed by atoms with Crippen molar-refractivity contribution in [3.63, 3.8) is 0 Å². The topological polar surface area (TPSA) is 133 Å². The fraction of sp³-hybridized carbons (Fsp3) is 0. The van der Waals surface area contributed by atoms with Gasteiger partial charge in [-0.15, -0.1) is 0 Å². The van der Waals surface area contributed by atoms with Crippen LogP contribution in [0.4, 0.5) is 5.82 Å². The second kappa shape index (κ2) is 5.39. The zero-order chi connectivity index (χ0) is 14.8. The number of hydrogen-bond acceptors (Lipinski definition) is 5. The zero-order valence-electron chi connectivity index (χ0n) is 9.91. The van der Waals surface area contributed by atoms with Crippen LogP contribution in [0, 0.1) is 0 Å². The van der Waals surface area contributed by atoms with E-state index in [9.17, 15) is 8.42 Å². The summed E-state index contributed by atoms with van der Waals surface area (Å²) in [5.41, 5.74) is 5.53. The molecule has 0 saturated carbocycles. The van der Waals surface area contributed by atoms with Crippen LogP contribution in [-0.4, -0.2) is 29.7 Å². The van der Waals surface area contributed by atoms with Crippen LogP contribution in [0.2, 0.25) is 5.02 Å². The molecule has 0 aliphatic rings. The summed E-state index contributed by atoms with van der Waals surface area (Å²) >= 11 is 5.70. The first-order valence-corrected chi connectivity index (χ1v) is 7.10. The van der Waals surface area contributed by atoms with E-state index in [0.717, 1.165) is 0 Å². The lowest BCUT2D eigenvalue weighted by molar-refractivity contribution is 0.318. The maximum Gasteiger partial charge on any atom is 0.263 e. The summed E-state index contributed by atoms with van der Waals surface area (Å²) in [6.07, 6.45) is 1.23. The van der Waals surface area contributed by atoms with Gasteiger partial charge in [-0.2, -0.15) is 5.10 Å². The van der Waals surface area contributed by atoms with E-state index in [-0.39, 0.29) is 22.1 Å². The Morgan fingerprint density at radius 2 is 2.05 bits per heavy atom. The number of halogens is 1. The minimum Gasteiger partial charge on any atom is -0.409 e. The molecule has 20 heavy (non-hydrogen) atoms. The maximum absolute atomic E-state index is 12.1. The molecule has 0 radical (unpaired) electrons. The van der Waals surface area contributed by atoms with Crippen molar-refractivity contribution in [1.82, 2.24) is 10.2 Å². The quantitative estimate of drug-likeness (QED) is 0.288. The molecule has 10 heteroatoms. The normalized spacial score (nSPS) is 12.3. The number of nitrogens with two attached hydrogens (primary N) is 1. The van der Waals surface area contributed by atoms with Gasteiger partial charge in [0.05, 0.1) is 16.7 Å². The number of sulfonamides is 1. The molecule has 0 amide bonds. The Balaban J connectivity index is 2.34. The van der Waals surface area contributed by atoms with Gasteiger partial charge in [0.2, 0.25) is 0 Å². The largest absolute Gasteiger partial charge is 0.409 e. The number of oxime groups is 1. The highest BCUT2D eigenvalue weighted by molar-refractivity contribution is 7.92. The Hall–Kier alpha value is -2.26. The van der Waals surface area contributed by atoms with Crippen molar-refractivity contribution < 1.29 is 13.6 Å². The molecule has 0 atom stereocenters. The molecule has 0 bridgehead atoms. The van der Waals surface area contributed by atoms with Gasteiger partial charge in [0.25, 0.3) is 10.0 Å². The number of anilines is 1. The summed E-state index contributed by atoms with van der Waals surface area (Å²) in [6.45, 7) is 0. The molecule has 1 aromatic carbocycles. The zero-order valence-corrected chi connectivity index (χ0v) is 11.5. The van der Waals surface area contributed by atoms with E-state index in [1.165, 1.54) is 30.5 Å². The summed E-state index contributed by atoms with van der Waals surface area (Å²) in [5, 5.41) is 17.9. The molecular formula is C10H10ClN5O3S. The number of nitrogens with one attached hydrogen (secondary N) is 2. The van der Waals surface area contributed by atoms with Crippen LogP contribution in [0.3, 0.4) is 0 Å². The second-order valence-corrected chi connectivity index (χ2v) is 5.82. The van der Waals surface area contributed by atoms with Gasteiger partial charge in [-0.05, 0) is 24.3 Å². The minimum atomic E-state index is -3.84. The third kappa shape index (κ3) is 2.83. The average Bonchev–Trinajstić information content (AvgIpc) is 2.85.